The van der Waals surface area contributed by atoms with E-state index in [0.717, 1.165) is 0 Å². The molecule has 0 spiro atoms. The van der Waals surface area contributed by atoms with Gasteiger partial charge in [-0.1, -0.05) is 0 Å². The average molecular weight is 259 g/mol. The zero-order valence-electron chi connectivity index (χ0n) is 9.62. The van der Waals surface area contributed by atoms with Crippen molar-refractivity contribution in [3.05, 3.63) is 18.4 Å². The monoisotopic (exact) mass is 259 g/mol. The SMILES string of the molecule is CP(C)(=O)C(=O)CCC(=O)N(O)c1ccco1. The number of amides is 1. The van der Waals surface area contributed by atoms with E-state index in [-0.39, 0.29) is 18.7 Å². The molecule has 0 bridgehead atoms. The predicted molar refractivity (Wildman–Crippen MR) is 61.7 cm³/mol. The van der Waals surface area contributed by atoms with Gasteiger partial charge in [-0.15, -0.1) is 0 Å². The molecule has 7 heteroatoms. The van der Waals surface area contributed by atoms with Crippen molar-refractivity contribution < 1.29 is 23.8 Å². The van der Waals surface area contributed by atoms with Crippen molar-refractivity contribution in [1.82, 2.24) is 0 Å². The van der Waals surface area contributed by atoms with Crippen LogP contribution in [-0.2, 0) is 14.2 Å². The molecule has 1 N–H and O–H groups in total. The smallest absolute Gasteiger partial charge is 0.253 e. The first-order chi connectivity index (χ1) is 7.82. The van der Waals surface area contributed by atoms with E-state index >= 15 is 0 Å². The fourth-order valence-corrected chi connectivity index (χ4v) is 1.75. The zero-order chi connectivity index (χ0) is 13.1. The molecule has 1 aromatic rings. The van der Waals surface area contributed by atoms with Gasteiger partial charge in [-0.3, -0.25) is 14.8 Å². The lowest BCUT2D eigenvalue weighted by Gasteiger charge is -2.11. The molecule has 0 aliphatic heterocycles. The third-order valence-corrected chi connectivity index (χ3v) is 3.53. The fourth-order valence-electron chi connectivity index (χ4n) is 1.10. The van der Waals surface area contributed by atoms with Crippen molar-refractivity contribution >= 4 is 24.5 Å². The van der Waals surface area contributed by atoms with Crippen LogP contribution in [0.3, 0.4) is 0 Å². The van der Waals surface area contributed by atoms with Crippen LogP contribution in [0, 0.1) is 0 Å². The molecule has 0 saturated carbocycles. The van der Waals surface area contributed by atoms with Crippen LogP contribution in [0.4, 0.5) is 5.88 Å². The van der Waals surface area contributed by atoms with E-state index in [1.807, 2.05) is 0 Å². The van der Waals surface area contributed by atoms with Gasteiger partial charge in [0, 0.05) is 18.9 Å². The van der Waals surface area contributed by atoms with Crippen LogP contribution in [0.1, 0.15) is 12.8 Å². The molecule has 0 aliphatic rings. The molecule has 17 heavy (non-hydrogen) atoms. The minimum atomic E-state index is -2.82. The second kappa shape index (κ2) is 5.29. The maximum atomic E-state index is 11.4. The fraction of sp³-hybridized carbons (Fsp3) is 0.400. The summed E-state index contributed by atoms with van der Waals surface area (Å²) >= 11 is 0. The molecule has 6 nitrogen and oxygen atoms in total. The lowest BCUT2D eigenvalue weighted by molar-refractivity contribution is -0.125. The Labute approximate surface area is 98.5 Å². The van der Waals surface area contributed by atoms with Crippen molar-refractivity contribution in [2.45, 2.75) is 12.8 Å². The van der Waals surface area contributed by atoms with Crippen LogP contribution < -0.4 is 5.06 Å². The largest absolute Gasteiger partial charge is 0.446 e. The van der Waals surface area contributed by atoms with Crippen molar-refractivity contribution in [3.8, 4) is 0 Å². The highest BCUT2D eigenvalue weighted by Crippen LogP contribution is 2.38. The number of anilines is 1. The number of rotatable bonds is 5. The summed E-state index contributed by atoms with van der Waals surface area (Å²) in [6.07, 6.45) is 0.950. The van der Waals surface area contributed by atoms with Gasteiger partial charge in [-0.05, 0) is 19.4 Å². The highest BCUT2D eigenvalue weighted by molar-refractivity contribution is 7.79. The average Bonchev–Trinajstić information content (AvgIpc) is 2.76. The summed E-state index contributed by atoms with van der Waals surface area (Å²) in [4.78, 5) is 22.8. The first-order valence-electron chi connectivity index (χ1n) is 4.96. The Morgan fingerprint density at radius 1 is 1.41 bits per heavy atom. The summed E-state index contributed by atoms with van der Waals surface area (Å²) in [5.41, 5.74) is -0.460. The van der Waals surface area contributed by atoms with Crippen LogP contribution in [0.25, 0.3) is 0 Å². The Morgan fingerprint density at radius 2 is 2.06 bits per heavy atom. The molecule has 1 amide bonds. The van der Waals surface area contributed by atoms with E-state index in [4.69, 9.17) is 4.42 Å². The van der Waals surface area contributed by atoms with Gasteiger partial charge >= 0.3 is 0 Å². The normalized spacial score (nSPS) is 11.2. The molecule has 1 aromatic heterocycles. The molecule has 0 fully saturated rings. The van der Waals surface area contributed by atoms with Gasteiger partial charge in [0.05, 0.1) is 6.26 Å². The summed E-state index contributed by atoms with van der Waals surface area (Å²) < 4.78 is 16.2. The van der Waals surface area contributed by atoms with E-state index in [0.29, 0.717) is 5.06 Å². The minimum Gasteiger partial charge on any atom is -0.446 e. The molecule has 0 aromatic carbocycles. The molecule has 0 unspecified atom stereocenters. The molecule has 0 aliphatic carbocycles. The first-order valence-corrected chi connectivity index (χ1v) is 7.56. The van der Waals surface area contributed by atoms with Crippen LogP contribution in [0.2, 0.25) is 0 Å². The van der Waals surface area contributed by atoms with Crippen LogP contribution in [0.15, 0.2) is 22.8 Å². The van der Waals surface area contributed by atoms with E-state index < -0.39 is 18.6 Å². The Balaban J connectivity index is 2.51. The summed E-state index contributed by atoms with van der Waals surface area (Å²) in [6.45, 7) is 2.70. The second-order valence-corrected chi connectivity index (χ2v) is 7.10. The highest BCUT2D eigenvalue weighted by atomic mass is 31.2. The molecule has 1 rings (SSSR count). The number of nitrogens with zero attached hydrogens (tertiary/aromatic N) is 1. The van der Waals surface area contributed by atoms with Gasteiger partial charge < -0.3 is 8.98 Å². The van der Waals surface area contributed by atoms with Gasteiger partial charge in [0.25, 0.3) is 5.91 Å². The first kappa shape index (κ1) is 13.7. The van der Waals surface area contributed by atoms with Crippen LogP contribution in [0.5, 0.6) is 0 Å². The Morgan fingerprint density at radius 3 is 2.53 bits per heavy atom. The molecule has 0 atom stereocenters. The number of furan rings is 1. The van der Waals surface area contributed by atoms with Crippen LogP contribution >= 0.6 is 7.14 Å². The van der Waals surface area contributed by atoms with Gasteiger partial charge in [0.1, 0.15) is 7.14 Å². The van der Waals surface area contributed by atoms with E-state index in [2.05, 4.69) is 0 Å². The maximum Gasteiger partial charge on any atom is 0.253 e. The van der Waals surface area contributed by atoms with E-state index in [9.17, 15) is 19.4 Å². The second-order valence-electron chi connectivity index (χ2n) is 3.90. The standard InChI is InChI=1S/C10H14NO5P/c1-17(2,15)10(13)6-5-8(12)11(14)9-4-3-7-16-9/h3-4,7,14H,5-6H2,1-2H3. The van der Waals surface area contributed by atoms with Gasteiger partial charge in [-0.2, -0.15) is 5.06 Å². The number of hydrogen-bond acceptors (Lipinski definition) is 5. The molecule has 0 saturated heterocycles. The quantitative estimate of drug-likeness (QED) is 0.496. The summed E-state index contributed by atoms with van der Waals surface area (Å²) in [6, 6.07) is 2.92. The Hall–Kier alpha value is -1.39. The lowest BCUT2D eigenvalue weighted by Crippen LogP contribution is -2.26. The van der Waals surface area contributed by atoms with Gasteiger partial charge in [0.15, 0.2) is 5.52 Å². The summed E-state index contributed by atoms with van der Waals surface area (Å²) in [5, 5.41) is 9.74. The number of hydrogen-bond donors (Lipinski definition) is 1. The summed E-state index contributed by atoms with van der Waals surface area (Å²) in [5.74, 6) is -0.694. The number of hydroxylamine groups is 1. The van der Waals surface area contributed by atoms with Gasteiger partial charge in [0.2, 0.25) is 5.88 Å². The van der Waals surface area contributed by atoms with Crippen molar-refractivity contribution in [3.63, 3.8) is 0 Å². The van der Waals surface area contributed by atoms with Crippen molar-refractivity contribution in [2.24, 2.45) is 0 Å². The van der Waals surface area contributed by atoms with E-state index in [1.165, 1.54) is 31.7 Å². The third-order valence-electron chi connectivity index (χ3n) is 2.10. The topological polar surface area (TPSA) is 87.8 Å². The Kier molecular flexibility index (Phi) is 4.26. The highest BCUT2D eigenvalue weighted by Gasteiger charge is 2.22. The van der Waals surface area contributed by atoms with Crippen LogP contribution in [-0.4, -0.2) is 30.0 Å². The van der Waals surface area contributed by atoms with Crippen molar-refractivity contribution in [2.75, 3.05) is 18.4 Å². The minimum absolute atomic E-state index is 0.0152. The molecule has 0 radical (unpaired) electrons. The third kappa shape index (κ3) is 3.84. The predicted octanol–water partition coefficient (Wildman–Crippen LogP) is 1.93. The summed E-state index contributed by atoms with van der Waals surface area (Å²) in [7, 11) is -2.82. The van der Waals surface area contributed by atoms with Crippen molar-refractivity contribution in [1.29, 1.82) is 0 Å². The van der Waals surface area contributed by atoms with Gasteiger partial charge in [-0.25, -0.2) is 0 Å². The molecule has 94 valence electrons. The molecular formula is C10H14NO5P. The Bertz CT molecular complexity index is 447. The number of carbonyl (C=O) groups is 2. The maximum absolute atomic E-state index is 11.4. The molecule has 1 heterocycles. The zero-order valence-corrected chi connectivity index (χ0v) is 10.5. The lowest BCUT2D eigenvalue weighted by atomic mass is 10.3. The molecular weight excluding hydrogens is 245 g/mol. The van der Waals surface area contributed by atoms with E-state index in [1.54, 1.807) is 0 Å². The number of carbonyl (C=O) groups excluding carboxylic acids is 2.